The molecule has 2 aromatic heterocycles. The van der Waals surface area contributed by atoms with Gasteiger partial charge in [-0.2, -0.15) is 5.10 Å². The van der Waals surface area contributed by atoms with Gasteiger partial charge in [0, 0.05) is 18.7 Å². The highest BCUT2D eigenvalue weighted by Crippen LogP contribution is 2.22. The number of carbonyl (C=O) groups excluding carboxylic acids is 1. The van der Waals surface area contributed by atoms with Crippen LogP contribution in [0.15, 0.2) is 12.3 Å². The van der Waals surface area contributed by atoms with E-state index in [0.717, 1.165) is 6.42 Å². The van der Waals surface area contributed by atoms with Crippen molar-refractivity contribution >= 4 is 22.9 Å². The molecule has 0 aromatic carbocycles. The van der Waals surface area contributed by atoms with Crippen LogP contribution in [0.5, 0.6) is 0 Å². The monoisotopic (exact) mass is 390 g/mol. The maximum atomic E-state index is 12.9. The molecular formula is C20H30N4O4. The number of ether oxygens (including phenoxy) is 1. The number of nitrogens with zero attached hydrogens (tertiary/aromatic N) is 3. The molecule has 8 nitrogen and oxygen atoms in total. The zero-order chi connectivity index (χ0) is 21.1. The highest BCUT2D eigenvalue weighted by Gasteiger charge is 2.24. The van der Waals surface area contributed by atoms with Gasteiger partial charge in [-0.1, -0.05) is 6.92 Å². The predicted octanol–water partition coefficient (Wildman–Crippen LogP) is 3.10. The Bertz CT molecular complexity index is 854. The van der Waals surface area contributed by atoms with E-state index < -0.39 is 17.9 Å². The fourth-order valence-electron chi connectivity index (χ4n) is 2.80. The lowest BCUT2D eigenvalue weighted by Gasteiger charge is -2.21. The Balaban J connectivity index is 2.26. The third-order valence-corrected chi connectivity index (χ3v) is 4.49. The largest absolute Gasteiger partial charge is 0.480 e. The van der Waals surface area contributed by atoms with Crippen molar-refractivity contribution in [3.05, 3.63) is 23.5 Å². The van der Waals surface area contributed by atoms with Crippen molar-refractivity contribution < 1.29 is 19.4 Å². The summed E-state index contributed by atoms with van der Waals surface area (Å²) in [6.45, 7) is 11.8. The second-order valence-electron chi connectivity index (χ2n) is 8.01. The maximum absolute atomic E-state index is 12.9. The van der Waals surface area contributed by atoms with Gasteiger partial charge >= 0.3 is 5.97 Å². The Morgan fingerprint density at radius 1 is 1.36 bits per heavy atom. The Labute approximate surface area is 165 Å². The zero-order valence-corrected chi connectivity index (χ0v) is 17.4. The topological polar surface area (TPSA) is 106 Å². The number of rotatable bonds is 8. The first-order chi connectivity index (χ1) is 13.0. The van der Waals surface area contributed by atoms with Gasteiger partial charge in [0.1, 0.15) is 6.04 Å². The van der Waals surface area contributed by atoms with Crippen LogP contribution in [0.4, 0.5) is 0 Å². The number of hydrogen-bond acceptors (Lipinski definition) is 5. The van der Waals surface area contributed by atoms with Crippen molar-refractivity contribution in [1.82, 2.24) is 20.1 Å². The summed E-state index contributed by atoms with van der Waals surface area (Å²) in [6, 6.07) is 0.761. The highest BCUT2D eigenvalue weighted by atomic mass is 16.5. The van der Waals surface area contributed by atoms with Crippen LogP contribution in [0, 0.1) is 6.92 Å². The number of pyridine rings is 1. The molecule has 28 heavy (non-hydrogen) atoms. The third kappa shape index (κ3) is 5.28. The second kappa shape index (κ2) is 8.68. The molecule has 0 aliphatic rings. The summed E-state index contributed by atoms with van der Waals surface area (Å²) in [6.07, 6.45) is 2.67. The van der Waals surface area contributed by atoms with Crippen LogP contribution in [-0.4, -0.2) is 50.0 Å². The summed E-state index contributed by atoms with van der Waals surface area (Å²) >= 11 is 0. The minimum Gasteiger partial charge on any atom is -0.480 e. The van der Waals surface area contributed by atoms with E-state index in [1.807, 2.05) is 27.7 Å². The summed E-state index contributed by atoms with van der Waals surface area (Å²) in [5, 5.41) is 17.1. The number of aryl methyl sites for hydroxylation is 1. The molecule has 0 aliphatic heterocycles. The molecule has 8 heteroatoms. The van der Waals surface area contributed by atoms with E-state index in [-0.39, 0.29) is 24.7 Å². The molecule has 0 fully saturated rings. The van der Waals surface area contributed by atoms with Gasteiger partial charge in [0.25, 0.3) is 5.91 Å². The number of carboxylic acid groups (broad SMARTS) is 1. The molecule has 0 saturated heterocycles. The van der Waals surface area contributed by atoms with Crippen LogP contribution in [0.3, 0.4) is 0 Å². The third-order valence-electron chi connectivity index (χ3n) is 4.49. The van der Waals surface area contributed by atoms with Gasteiger partial charge in [-0.05, 0) is 47.1 Å². The van der Waals surface area contributed by atoms with E-state index in [9.17, 15) is 14.7 Å². The molecule has 0 radical (unpaired) electrons. The molecule has 1 amide bonds. The van der Waals surface area contributed by atoms with Crippen LogP contribution in [0.25, 0.3) is 11.0 Å². The number of nitrogens with one attached hydrogen (secondary N) is 1. The smallest absolute Gasteiger partial charge is 0.326 e. The first-order valence-electron chi connectivity index (χ1n) is 9.56. The van der Waals surface area contributed by atoms with Crippen LogP contribution >= 0.6 is 0 Å². The molecule has 0 saturated carbocycles. The number of aliphatic carboxylic acids is 1. The maximum Gasteiger partial charge on any atom is 0.326 e. The van der Waals surface area contributed by atoms with Gasteiger partial charge in [0.05, 0.1) is 28.8 Å². The summed E-state index contributed by atoms with van der Waals surface area (Å²) < 4.78 is 7.39. The average molecular weight is 390 g/mol. The van der Waals surface area contributed by atoms with Crippen LogP contribution in [0.1, 0.15) is 69.6 Å². The molecule has 2 N–H and O–H groups in total. The minimum absolute atomic E-state index is 0.143. The number of carboxylic acids is 1. The Hall–Kier alpha value is -2.48. The number of fused-ring (bicyclic) bond motifs is 1. The lowest BCUT2D eigenvalue weighted by Crippen LogP contribution is -2.42. The molecule has 2 unspecified atom stereocenters. The molecule has 2 atom stereocenters. The number of amides is 1. The van der Waals surface area contributed by atoms with Crippen molar-refractivity contribution in [2.45, 2.75) is 72.1 Å². The molecular weight excluding hydrogens is 360 g/mol. The average Bonchev–Trinajstić information content (AvgIpc) is 3.01. The molecule has 154 valence electrons. The molecule has 0 bridgehead atoms. The first kappa shape index (κ1) is 21.8. The van der Waals surface area contributed by atoms with Crippen molar-refractivity contribution in [3.8, 4) is 0 Å². The fraction of sp³-hybridized carbons (Fsp3) is 0.600. The van der Waals surface area contributed by atoms with Gasteiger partial charge in [-0.3, -0.25) is 4.79 Å². The fourth-order valence-corrected chi connectivity index (χ4v) is 2.80. The lowest BCUT2D eigenvalue weighted by atomic mass is 10.1. The quantitative estimate of drug-likeness (QED) is 0.717. The van der Waals surface area contributed by atoms with Gasteiger partial charge in [0.2, 0.25) is 0 Å². The molecule has 0 spiro atoms. The van der Waals surface area contributed by atoms with Crippen molar-refractivity contribution in [3.63, 3.8) is 0 Å². The SMILES string of the molecule is CCC(C)n1ncc2c(C(=O)NC(CCOC(C)(C)C)C(=O)O)cc(C)nc21. The van der Waals surface area contributed by atoms with Crippen molar-refractivity contribution in [2.24, 2.45) is 0 Å². The zero-order valence-electron chi connectivity index (χ0n) is 17.4. The van der Waals surface area contributed by atoms with Gasteiger partial charge in [0.15, 0.2) is 5.65 Å². The van der Waals surface area contributed by atoms with Crippen molar-refractivity contribution in [2.75, 3.05) is 6.61 Å². The van der Waals surface area contributed by atoms with Gasteiger partial charge in [-0.25, -0.2) is 14.5 Å². The van der Waals surface area contributed by atoms with Crippen LogP contribution in [0.2, 0.25) is 0 Å². The van der Waals surface area contributed by atoms with E-state index in [1.165, 1.54) is 0 Å². The summed E-state index contributed by atoms with van der Waals surface area (Å²) in [5.74, 6) is -1.55. The van der Waals surface area contributed by atoms with Crippen LogP contribution in [-0.2, 0) is 9.53 Å². The molecule has 0 aliphatic carbocycles. The van der Waals surface area contributed by atoms with Crippen molar-refractivity contribution in [1.29, 1.82) is 0 Å². The molecule has 2 heterocycles. The van der Waals surface area contributed by atoms with Crippen LogP contribution < -0.4 is 5.32 Å². The van der Waals surface area contributed by atoms with E-state index in [2.05, 4.69) is 22.3 Å². The van der Waals surface area contributed by atoms with E-state index in [0.29, 0.717) is 22.3 Å². The highest BCUT2D eigenvalue weighted by molar-refractivity contribution is 6.06. The minimum atomic E-state index is -1.09. The van der Waals surface area contributed by atoms with E-state index in [4.69, 9.17) is 4.74 Å². The number of aromatic nitrogens is 3. The Morgan fingerprint density at radius 3 is 2.61 bits per heavy atom. The van der Waals surface area contributed by atoms with E-state index >= 15 is 0 Å². The number of hydrogen-bond donors (Lipinski definition) is 2. The molecule has 2 rings (SSSR count). The number of carbonyl (C=O) groups is 2. The predicted molar refractivity (Wildman–Crippen MR) is 106 cm³/mol. The Kier molecular flexibility index (Phi) is 6.77. The standard InChI is InChI=1S/C20H30N4O4/c1-7-13(3)24-17-15(11-21-24)14(10-12(2)22-17)18(25)23-16(19(26)27)8-9-28-20(4,5)6/h10-11,13,16H,7-9H2,1-6H3,(H,23,25)(H,26,27). The summed E-state index contributed by atoms with van der Waals surface area (Å²) in [7, 11) is 0. The van der Waals surface area contributed by atoms with Gasteiger partial charge < -0.3 is 15.2 Å². The Morgan fingerprint density at radius 2 is 2.04 bits per heavy atom. The molecule has 2 aromatic rings. The van der Waals surface area contributed by atoms with Gasteiger partial charge in [-0.15, -0.1) is 0 Å². The normalized spacial score (nSPS) is 14.1. The summed E-state index contributed by atoms with van der Waals surface area (Å²) in [4.78, 5) is 29.0. The lowest BCUT2D eigenvalue weighted by molar-refractivity contribution is -0.140. The first-order valence-corrected chi connectivity index (χ1v) is 9.56. The summed E-state index contributed by atoms with van der Waals surface area (Å²) in [5.41, 5.74) is 1.31. The van der Waals surface area contributed by atoms with E-state index in [1.54, 1.807) is 23.9 Å². The second-order valence-corrected chi connectivity index (χ2v) is 8.01.